The molecule has 2 aromatic rings. The second kappa shape index (κ2) is 6.23. The van der Waals surface area contributed by atoms with Gasteiger partial charge in [-0.3, -0.25) is 14.5 Å². The standard InChI is InChI=1S/C21H18N2O5/c1-3-28-19(26)16-17(24)18(25)23(13-8-6-7-12(2)11-13)21(16)14-9-4-5-10-15(14)22-20(21)27/h4-11,24H,3H2,1-2H3,(H,22,27). The summed E-state index contributed by atoms with van der Waals surface area (Å²) >= 11 is 0. The number of fused-ring (bicyclic) bond motifs is 2. The summed E-state index contributed by atoms with van der Waals surface area (Å²) in [6.07, 6.45) is 0. The molecule has 0 radical (unpaired) electrons. The Morgan fingerprint density at radius 2 is 1.93 bits per heavy atom. The maximum Gasteiger partial charge on any atom is 0.341 e. The lowest BCUT2D eigenvalue weighted by Crippen LogP contribution is -2.52. The second-order valence-electron chi connectivity index (χ2n) is 6.63. The number of ether oxygens (including phenoxy) is 1. The number of aliphatic hydroxyl groups is 1. The number of esters is 1. The zero-order chi connectivity index (χ0) is 20.1. The van der Waals surface area contributed by atoms with Crippen LogP contribution in [0.4, 0.5) is 11.4 Å². The van der Waals surface area contributed by atoms with Crippen molar-refractivity contribution in [1.29, 1.82) is 0 Å². The smallest absolute Gasteiger partial charge is 0.341 e. The summed E-state index contributed by atoms with van der Waals surface area (Å²) in [5.74, 6) is -3.13. The Morgan fingerprint density at radius 3 is 2.64 bits per heavy atom. The summed E-state index contributed by atoms with van der Waals surface area (Å²) < 4.78 is 5.09. The van der Waals surface area contributed by atoms with Crippen LogP contribution in [0.5, 0.6) is 0 Å². The molecular weight excluding hydrogens is 360 g/mol. The Morgan fingerprint density at radius 1 is 1.18 bits per heavy atom. The van der Waals surface area contributed by atoms with Gasteiger partial charge in [0.25, 0.3) is 11.8 Å². The first kappa shape index (κ1) is 17.8. The normalized spacial score (nSPS) is 20.6. The van der Waals surface area contributed by atoms with Crippen LogP contribution >= 0.6 is 0 Å². The van der Waals surface area contributed by atoms with Gasteiger partial charge in [0.15, 0.2) is 11.3 Å². The molecule has 0 saturated heterocycles. The minimum absolute atomic E-state index is 0.0353. The number of carbonyl (C=O) groups is 3. The van der Waals surface area contributed by atoms with E-state index < -0.39 is 29.1 Å². The van der Waals surface area contributed by atoms with Gasteiger partial charge in [-0.1, -0.05) is 30.3 Å². The summed E-state index contributed by atoms with van der Waals surface area (Å²) in [6.45, 7) is 3.49. The topological polar surface area (TPSA) is 95.9 Å². The van der Waals surface area contributed by atoms with Gasteiger partial charge in [0, 0.05) is 16.9 Å². The average Bonchev–Trinajstić information content (AvgIpc) is 3.08. The van der Waals surface area contributed by atoms with Crippen LogP contribution < -0.4 is 10.2 Å². The maximum absolute atomic E-state index is 13.3. The van der Waals surface area contributed by atoms with E-state index in [0.717, 1.165) is 5.56 Å². The Balaban J connectivity index is 2.05. The van der Waals surface area contributed by atoms with Crippen molar-refractivity contribution in [1.82, 2.24) is 0 Å². The summed E-state index contributed by atoms with van der Waals surface area (Å²) in [4.78, 5) is 40.3. The number of aryl methyl sites for hydroxylation is 1. The first-order valence-corrected chi connectivity index (χ1v) is 8.86. The molecule has 0 fully saturated rings. The van der Waals surface area contributed by atoms with Crippen molar-refractivity contribution in [2.24, 2.45) is 0 Å². The lowest BCUT2D eigenvalue weighted by Gasteiger charge is -2.34. The first-order valence-electron chi connectivity index (χ1n) is 8.86. The van der Waals surface area contributed by atoms with Gasteiger partial charge >= 0.3 is 5.97 Å². The molecule has 1 atom stereocenters. The van der Waals surface area contributed by atoms with Crippen molar-refractivity contribution in [2.75, 3.05) is 16.8 Å². The molecule has 2 N–H and O–H groups in total. The molecule has 7 heteroatoms. The Labute approximate surface area is 161 Å². The number of hydrogen-bond acceptors (Lipinski definition) is 5. The lowest BCUT2D eigenvalue weighted by molar-refractivity contribution is -0.140. The van der Waals surface area contributed by atoms with E-state index in [4.69, 9.17) is 4.74 Å². The average molecular weight is 378 g/mol. The third-order valence-electron chi connectivity index (χ3n) is 4.97. The highest BCUT2D eigenvalue weighted by atomic mass is 16.5. The van der Waals surface area contributed by atoms with Crippen LogP contribution in [-0.4, -0.2) is 29.5 Å². The van der Waals surface area contributed by atoms with Gasteiger partial charge in [0.05, 0.1) is 6.61 Å². The van der Waals surface area contributed by atoms with Crippen molar-refractivity contribution >= 4 is 29.2 Å². The third kappa shape index (κ3) is 2.19. The molecule has 2 heterocycles. The van der Waals surface area contributed by atoms with Crippen molar-refractivity contribution in [2.45, 2.75) is 19.4 Å². The predicted octanol–water partition coefficient (Wildman–Crippen LogP) is 2.56. The largest absolute Gasteiger partial charge is 0.503 e. The number of rotatable bonds is 3. The molecule has 142 valence electrons. The molecule has 2 aromatic carbocycles. The van der Waals surface area contributed by atoms with Crippen molar-refractivity contribution in [3.63, 3.8) is 0 Å². The van der Waals surface area contributed by atoms with Crippen molar-refractivity contribution in [3.05, 3.63) is 71.0 Å². The molecule has 0 bridgehead atoms. The number of anilines is 2. The predicted molar refractivity (Wildman–Crippen MR) is 102 cm³/mol. The molecule has 1 spiro atoms. The number of nitrogens with one attached hydrogen (secondary N) is 1. The van der Waals surface area contributed by atoms with Crippen LogP contribution in [0, 0.1) is 6.92 Å². The summed E-state index contributed by atoms with van der Waals surface area (Å²) in [5.41, 5.74) is -0.0868. The Kier molecular flexibility index (Phi) is 3.96. The minimum atomic E-state index is -1.84. The molecule has 0 aromatic heterocycles. The van der Waals surface area contributed by atoms with E-state index in [1.807, 2.05) is 13.0 Å². The van der Waals surface area contributed by atoms with E-state index >= 15 is 0 Å². The molecule has 4 rings (SSSR count). The van der Waals surface area contributed by atoms with Crippen LogP contribution in [0.25, 0.3) is 0 Å². The van der Waals surface area contributed by atoms with E-state index in [1.165, 1.54) is 4.90 Å². The Bertz CT molecular complexity index is 1060. The Hall–Kier alpha value is -3.61. The van der Waals surface area contributed by atoms with Gasteiger partial charge in [-0.15, -0.1) is 0 Å². The van der Waals surface area contributed by atoms with Crippen molar-refractivity contribution in [3.8, 4) is 0 Å². The van der Waals surface area contributed by atoms with Crippen LogP contribution in [0.15, 0.2) is 59.9 Å². The summed E-state index contributed by atoms with van der Waals surface area (Å²) in [6, 6.07) is 13.7. The van der Waals surface area contributed by atoms with Gasteiger partial charge in [-0.05, 0) is 37.6 Å². The third-order valence-corrected chi connectivity index (χ3v) is 4.97. The number of hydrogen-bond donors (Lipinski definition) is 2. The van der Waals surface area contributed by atoms with E-state index in [9.17, 15) is 19.5 Å². The molecule has 1 unspecified atom stereocenters. The number of aliphatic hydroxyl groups excluding tert-OH is 1. The SMILES string of the molecule is CCOC(=O)C1=C(O)C(=O)N(c2cccc(C)c2)C12C(=O)Nc1ccccc12. The summed E-state index contributed by atoms with van der Waals surface area (Å²) in [5, 5.41) is 13.4. The van der Waals surface area contributed by atoms with Gasteiger partial charge in [0.2, 0.25) is 0 Å². The fourth-order valence-corrected chi connectivity index (χ4v) is 3.89. The number of para-hydroxylation sites is 1. The van der Waals surface area contributed by atoms with Crippen LogP contribution in [0.2, 0.25) is 0 Å². The van der Waals surface area contributed by atoms with Crippen LogP contribution in [0.3, 0.4) is 0 Å². The van der Waals surface area contributed by atoms with E-state index in [-0.39, 0.29) is 12.2 Å². The molecular formula is C21H18N2O5. The molecule has 0 aliphatic carbocycles. The molecule has 28 heavy (non-hydrogen) atoms. The van der Waals surface area contributed by atoms with Gasteiger partial charge in [-0.2, -0.15) is 0 Å². The second-order valence-corrected chi connectivity index (χ2v) is 6.63. The fourth-order valence-electron chi connectivity index (χ4n) is 3.89. The highest BCUT2D eigenvalue weighted by Gasteiger charge is 2.65. The molecule has 2 aliphatic heterocycles. The van der Waals surface area contributed by atoms with E-state index in [1.54, 1.807) is 49.4 Å². The summed E-state index contributed by atoms with van der Waals surface area (Å²) in [7, 11) is 0. The van der Waals surface area contributed by atoms with Gasteiger partial charge in [-0.25, -0.2) is 4.79 Å². The number of nitrogens with zero attached hydrogens (tertiary/aromatic N) is 1. The molecule has 0 saturated carbocycles. The minimum Gasteiger partial charge on any atom is -0.503 e. The van der Waals surface area contributed by atoms with Gasteiger partial charge < -0.3 is 15.2 Å². The van der Waals surface area contributed by atoms with E-state index in [0.29, 0.717) is 16.9 Å². The quantitative estimate of drug-likeness (QED) is 0.801. The zero-order valence-electron chi connectivity index (χ0n) is 15.4. The van der Waals surface area contributed by atoms with Crippen LogP contribution in [0.1, 0.15) is 18.1 Å². The van der Waals surface area contributed by atoms with Gasteiger partial charge in [0.1, 0.15) is 5.57 Å². The molecule has 2 aliphatic rings. The number of amides is 2. The number of carbonyl (C=O) groups excluding carboxylic acids is 3. The van der Waals surface area contributed by atoms with Crippen LogP contribution in [-0.2, 0) is 24.7 Å². The monoisotopic (exact) mass is 378 g/mol. The zero-order valence-corrected chi connectivity index (χ0v) is 15.4. The lowest BCUT2D eigenvalue weighted by atomic mass is 9.83. The number of benzene rings is 2. The molecule has 7 nitrogen and oxygen atoms in total. The highest BCUT2D eigenvalue weighted by Crippen LogP contribution is 2.52. The first-order chi connectivity index (χ1) is 13.4. The highest BCUT2D eigenvalue weighted by molar-refractivity contribution is 6.27. The molecule has 2 amide bonds. The van der Waals surface area contributed by atoms with E-state index in [2.05, 4.69) is 5.32 Å². The maximum atomic E-state index is 13.3. The van der Waals surface area contributed by atoms with Crippen molar-refractivity contribution < 1.29 is 24.2 Å². The fraction of sp³-hybridized carbons (Fsp3) is 0.190.